The molecule has 0 radical (unpaired) electrons. The van der Waals surface area contributed by atoms with E-state index in [1.807, 2.05) is 14.1 Å². The van der Waals surface area contributed by atoms with Gasteiger partial charge in [0.2, 0.25) is 0 Å². The number of benzene rings is 1. The van der Waals surface area contributed by atoms with E-state index in [0.717, 1.165) is 17.9 Å². The Labute approximate surface area is 91.8 Å². The van der Waals surface area contributed by atoms with Crippen LogP contribution < -0.4 is 10.2 Å². The zero-order chi connectivity index (χ0) is 11.3. The first-order valence-electron chi connectivity index (χ1n) is 5.17. The molecule has 0 aliphatic heterocycles. The second-order valence-corrected chi connectivity index (χ2v) is 3.54. The van der Waals surface area contributed by atoms with Crippen LogP contribution in [0.3, 0.4) is 0 Å². The predicted molar refractivity (Wildman–Crippen MR) is 66.9 cm³/mol. The molecule has 1 aromatic rings. The van der Waals surface area contributed by atoms with Gasteiger partial charge in [-0.25, -0.2) is 0 Å². The van der Waals surface area contributed by atoms with Gasteiger partial charge in [0.1, 0.15) is 5.84 Å². The van der Waals surface area contributed by atoms with Gasteiger partial charge < -0.3 is 10.2 Å². The third-order valence-corrected chi connectivity index (χ3v) is 2.22. The van der Waals surface area contributed by atoms with Gasteiger partial charge in [0.25, 0.3) is 0 Å². The summed E-state index contributed by atoms with van der Waals surface area (Å²) in [5.74, 6) is 0.947. The third kappa shape index (κ3) is 2.98. The molecule has 3 nitrogen and oxygen atoms in total. The fraction of sp³-hybridized carbons (Fsp3) is 0.417. The summed E-state index contributed by atoms with van der Waals surface area (Å²) in [5.41, 5.74) is 2.33. The zero-order valence-corrected chi connectivity index (χ0v) is 9.91. The molecule has 0 saturated carbocycles. The molecule has 0 bridgehead atoms. The third-order valence-electron chi connectivity index (χ3n) is 2.22. The number of nitrogens with one attached hydrogen (secondary N) is 1. The van der Waals surface area contributed by atoms with Gasteiger partial charge in [0.15, 0.2) is 0 Å². The molecule has 1 aromatic carbocycles. The molecule has 0 heterocycles. The van der Waals surface area contributed by atoms with Crippen LogP contribution in [0.5, 0.6) is 0 Å². The standard InChI is InChI=1S/C12H19N3/c1-5-14-12(13-2)10-6-8-11(9-7-10)15(3)4/h6-9H,5H2,1-4H3,(H,13,14). The van der Waals surface area contributed by atoms with Crippen LogP contribution in [0.2, 0.25) is 0 Å². The number of hydrogen-bond acceptors (Lipinski definition) is 2. The highest BCUT2D eigenvalue weighted by atomic mass is 15.1. The minimum absolute atomic E-state index is 0.891. The van der Waals surface area contributed by atoms with Crippen molar-refractivity contribution in [2.24, 2.45) is 4.99 Å². The summed E-state index contributed by atoms with van der Waals surface area (Å²) in [6, 6.07) is 8.36. The maximum absolute atomic E-state index is 4.21. The fourth-order valence-electron chi connectivity index (χ4n) is 1.40. The minimum Gasteiger partial charge on any atom is -0.378 e. The Morgan fingerprint density at radius 3 is 2.27 bits per heavy atom. The molecule has 15 heavy (non-hydrogen) atoms. The van der Waals surface area contributed by atoms with Crippen molar-refractivity contribution in [1.29, 1.82) is 0 Å². The minimum atomic E-state index is 0.891. The molecule has 0 amide bonds. The summed E-state index contributed by atoms with van der Waals surface area (Å²) in [7, 11) is 5.88. The van der Waals surface area contributed by atoms with Crippen LogP contribution in [0.25, 0.3) is 0 Å². The molecule has 3 heteroatoms. The van der Waals surface area contributed by atoms with Crippen molar-refractivity contribution in [1.82, 2.24) is 5.32 Å². The summed E-state index contributed by atoms with van der Waals surface area (Å²) in [6.45, 7) is 2.96. The van der Waals surface area contributed by atoms with E-state index >= 15 is 0 Å². The largest absolute Gasteiger partial charge is 0.378 e. The average molecular weight is 205 g/mol. The SMILES string of the molecule is CCNC(=NC)c1ccc(N(C)C)cc1. The van der Waals surface area contributed by atoms with Crippen molar-refractivity contribution in [3.63, 3.8) is 0 Å². The maximum atomic E-state index is 4.21. The first-order chi connectivity index (χ1) is 7.19. The molecule has 0 aliphatic rings. The van der Waals surface area contributed by atoms with Crippen molar-refractivity contribution in [3.05, 3.63) is 29.8 Å². The summed E-state index contributed by atoms with van der Waals surface area (Å²) in [4.78, 5) is 6.30. The van der Waals surface area contributed by atoms with Gasteiger partial charge in [0.05, 0.1) is 0 Å². The molecule has 0 fully saturated rings. The van der Waals surface area contributed by atoms with Gasteiger partial charge in [-0.05, 0) is 31.2 Å². The van der Waals surface area contributed by atoms with Gasteiger partial charge in [-0.1, -0.05) is 0 Å². The predicted octanol–water partition coefficient (Wildman–Crippen LogP) is 1.74. The smallest absolute Gasteiger partial charge is 0.127 e. The van der Waals surface area contributed by atoms with E-state index in [-0.39, 0.29) is 0 Å². The Hall–Kier alpha value is -1.51. The lowest BCUT2D eigenvalue weighted by Crippen LogP contribution is -2.23. The summed E-state index contributed by atoms with van der Waals surface area (Å²) in [5, 5.41) is 3.23. The van der Waals surface area contributed by atoms with E-state index in [4.69, 9.17) is 0 Å². The molecule has 0 aliphatic carbocycles. The van der Waals surface area contributed by atoms with Crippen molar-refractivity contribution < 1.29 is 0 Å². The van der Waals surface area contributed by atoms with E-state index in [2.05, 4.69) is 46.4 Å². The van der Waals surface area contributed by atoms with Crippen LogP contribution in [0.1, 0.15) is 12.5 Å². The Morgan fingerprint density at radius 2 is 1.87 bits per heavy atom. The van der Waals surface area contributed by atoms with E-state index in [9.17, 15) is 0 Å². The Bertz CT molecular complexity index is 325. The van der Waals surface area contributed by atoms with Crippen LogP contribution in [0, 0.1) is 0 Å². The summed E-state index contributed by atoms with van der Waals surface area (Å²) < 4.78 is 0. The Balaban J connectivity index is 2.87. The van der Waals surface area contributed by atoms with Gasteiger partial charge in [-0.2, -0.15) is 0 Å². The molecular weight excluding hydrogens is 186 g/mol. The van der Waals surface area contributed by atoms with E-state index in [1.54, 1.807) is 7.05 Å². The van der Waals surface area contributed by atoms with Crippen LogP contribution in [-0.4, -0.2) is 33.5 Å². The topological polar surface area (TPSA) is 27.6 Å². The van der Waals surface area contributed by atoms with Crippen LogP contribution in [0.15, 0.2) is 29.3 Å². The molecule has 1 N–H and O–H groups in total. The van der Waals surface area contributed by atoms with Crippen LogP contribution >= 0.6 is 0 Å². The van der Waals surface area contributed by atoms with Crippen LogP contribution in [-0.2, 0) is 0 Å². The molecule has 82 valence electrons. The maximum Gasteiger partial charge on any atom is 0.127 e. The van der Waals surface area contributed by atoms with E-state index in [1.165, 1.54) is 5.69 Å². The summed E-state index contributed by atoms with van der Waals surface area (Å²) in [6.07, 6.45) is 0. The lowest BCUT2D eigenvalue weighted by Gasteiger charge is -2.13. The van der Waals surface area contributed by atoms with E-state index in [0.29, 0.717) is 0 Å². The molecule has 0 unspecified atom stereocenters. The van der Waals surface area contributed by atoms with Crippen molar-refractivity contribution in [2.45, 2.75) is 6.92 Å². The lowest BCUT2D eigenvalue weighted by molar-refractivity contribution is 0.962. The van der Waals surface area contributed by atoms with Crippen molar-refractivity contribution in [2.75, 3.05) is 32.6 Å². The molecule has 0 aromatic heterocycles. The molecule has 1 rings (SSSR count). The quantitative estimate of drug-likeness (QED) is 0.601. The van der Waals surface area contributed by atoms with Gasteiger partial charge in [0, 0.05) is 38.9 Å². The van der Waals surface area contributed by atoms with Crippen LogP contribution in [0.4, 0.5) is 5.69 Å². The Morgan fingerprint density at radius 1 is 1.27 bits per heavy atom. The first-order valence-corrected chi connectivity index (χ1v) is 5.17. The Kier molecular flexibility index (Phi) is 4.16. The number of anilines is 1. The van der Waals surface area contributed by atoms with Crippen molar-refractivity contribution in [3.8, 4) is 0 Å². The normalized spacial score (nSPS) is 11.3. The van der Waals surface area contributed by atoms with E-state index < -0.39 is 0 Å². The average Bonchev–Trinajstić information content (AvgIpc) is 2.26. The molecule has 0 saturated heterocycles. The number of rotatable bonds is 3. The van der Waals surface area contributed by atoms with Crippen molar-refractivity contribution >= 4 is 11.5 Å². The van der Waals surface area contributed by atoms with Gasteiger partial charge >= 0.3 is 0 Å². The summed E-state index contributed by atoms with van der Waals surface area (Å²) >= 11 is 0. The number of nitrogens with zero attached hydrogens (tertiary/aromatic N) is 2. The molecule has 0 atom stereocenters. The number of amidine groups is 1. The highest BCUT2D eigenvalue weighted by Gasteiger charge is 2.01. The fourth-order valence-corrected chi connectivity index (χ4v) is 1.40. The molecular formula is C12H19N3. The second kappa shape index (κ2) is 5.39. The zero-order valence-electron chi connectivity index (χ0n) is 9.91. The second-order valence-electron chi connectivity index (χ2n) is 3.54. The van der Waals surface area contributed by atoms with Gasteiger partial charge in [-0.3, -0.25) is 4.99 Å². The number of aliphatic imine (C=N–C) groups is 1. The monoisotopic (exact) mass is 205 g/mol. The lowest BCUT2D eigenvalue weighted by atomic mass is 10.2. The first kappa shape index (κ1) is 11.6. The van der Waals surface area contributed by atoms with Gasteiger partial charge in [-0.15, -0.1) is 0 Å². The number of hydrogen-bond donors (Lipinski definition) is 1. The molecule has 0 spiro atoms. The highest BCUT2D eigenvalue weighted by molar-refractivity contribution is 5.98. The highest BCUT2D eigenvalue weighted by Crippen LogP contribution is 2.12.